The van der Waals surface area contributed by atoms with Crippen molar-refractivity contribution in [2.24, 2.45) is 11.8 Å². The minimum atomic E-state index is -0.232. The summed E-state index contributed by atoms with van der Waals surface area (Å²) in [4.78, 5) is 42.2. The minimum absolute atomic E-state index is 0.122. The van der Waals surface area contributed by atoms with Gasteiger partial charge in [-0.3, -0.25) is 4.79 Å². The molecule has 2 unspecified atom stereocenters. The first-order valence-electron chi connectivity index (χ1n) is 12.9. The lowest BCUT2D eigenvalue weighted by Crippen LogP contribution is -2.51. The highest BCUT2D eigenvalue weighted by molar-refractivity contribution is 5.90. The fourth-order valence-corrected chi connectivity index (χ4v) is 5.03. The monoisotopic (exact) mass is 491 g/mol. The predicted molar refractivity (Wildman–Crippen MR) is 142 cm³/mol. The zero-order chi connectivity index (χ0) is 25.5. The summed E-state index contributed by atoms with van der Waals surface area (Å²) in [7, 11) is 0. The van der Waals surface area contributed by atoms with Crippen LogP contribution in [0, 0.1) is 25.7 Å². The average Bonchev–Trinajstić information content (AvgIpc) is 2.88. The number of rotatable bonds is 5. The number of anilines is 2. The first-order valence-corrected chi connectivity index (χ1v) is 12.9. The lowest BCUT2D eigenvalue weighted by molar-refractivity contribution is -0.138. The SMILES string of the molecule is Cc1ccc(NC(=O)NCC2CCCN(C(=O)C3CCCN(C(=O)Nc4cccc(C)c4)C3)C2)cc1. The Hall–Kier alpha value is -3.55. The van der Waals surface area contributed by atoms with E-state index in [1.54, 1.807) is 4.90 Å². The summed E-state index contributed by atoms with van der Waals surface area (Å²) >= 11 is 0. The molecule has 8 nitrogen and oxygen atoms in total. The van der Waals surface area contributed by atoms with Crippen LogP contribution in [0.4, 0.5) is 21.0 Å². The largest absolute Gasteiger partial charge is 0.342 e. The van der Waals surface area contributed by atoms with E-state index in [1.807, 2.05) is 67.3 Å². The van der Waals surface area contributed by atoms with Gasteiger partial charge in [-0.15, -0.1) is 0 Å². The highest BCUT2D eigenvalue weighted by atomic mass is 16.2. The summed E-state index contributed by atoms with van der Waals surface area (Å²) in [6.07, 6.45) is 3.51. The molecule has 4 rings (SSSR count). The van der Waals surface area contributed by atoms with Crippen molar-refractivity contribution >= 4 is 29.3 Å². The number of urea groups is 2. The zero-order valence-corrected chi connectivity index (χ0v) is 21.3. The second-order valence-corrected chi connectivity index (χ2v) is 10.1. The summed E-state index contributed by atoms with van der Waals surface area (Å²) in [6.45, 7) is 6.98. The molecular weight excluding hydrogens is 454 g/mol. The Morgan fingerprint density at radius 1 is 0.833 bits per heavy atom. The first-order chi connectivity index (χ1) is 17.4. The third-order valence-electron chi connectivity index (χ3n) is 7.02. The molecule has 3 N–H and O–H groups in total. The quantitative estimate of drug-likeness (QED) is 0.570. The van der Waals surface area contributed by atoms with Gasteiger partial charge >= 0.3 is 12.1 Å². The normalized spacial score (nSPS) is 19.9. The Labute approximate surface area is 213 Å². The number of hydrogen-bond acceptors (Lipinski definition) is 3. The number of likely N-dealkylation sites (tertiary alicyclic amines) is 2. The Balaban J connectivity index is 1.25. The van der Waals surface area contributed by atoms with Crippen molar-refractivity contribution in [3.8, 4) is 0 Å². The van der Waals surface area contributed by atoms with Gasteiger partial charge in [0.05, 0.1) is 5.92 Å². The molecular formula is C28H37N5O3. The van der Waals surface area contributed by atoms with Crippen molar-refractivity contribution in [1.29, 1.82) is 0 Å². The van der Waals surface area contributed by atoms with Crippen LogP contribution in [0.1, 0.15) is 36.8 Å². The maximum atomic E-state index is 13.3. The highest BCUT2D eigenvalue weighted by Crippen LogP contribution is 2.24. The summed E-state index contributed by atoms with van der Waals surface area (Å²) in [6, 6.07) is 15.0. The van der Waals surface area contributed by atoms with E-state index in [2.05, 4.69) is 16.0 Å². The Morgan fingerprint density at radius 3 is 2.36 bits per heavy atom. The fraction of sp³-hybridized carbons (Fsp3) is 0.464. The predicted octanol–water partition coefficient (Wildman–Crippen LogP) is 4.61. The van der Waals surface area contributed by atoms with Crippen LogP contribution in [-0.2, 0) is 4.79 Å². The molecule has 0 aliphatic carbocycles. The summed E-state index contributed by atoms with van der Waals surface area (Å²) < 4.78 is 0. The van der Waals surface area contributed by atoms with Crippen molar-refractivity contribution in [3.05, 3.63) is 59.7 Å². The van der Waals surface area contributed by atoms with Crippen LogP contribution < -0.4 is 16.0 Å². The second-order valence-electron chi connectivity index (χ2n) is 10.1. The summed E-state index contributed by atoms with van der Waals surface area (Å²) in [5, 5.41) is 8.77. The van der Waals surface area contributed by atoms with Gasteiger partial charge in [-0.05, 0) is 75.3 Å². The van der Waals surface area contributed by atoms with Crippen LogP contribution in [0.25, 0.3) is 0 Å². The molecule has 2 fully saturated rings. The number of amides is 5. The van der Waals surface area contributed by atoms with Crippen molar-refractivity contribution in [2.45, 2.75) is 39.5 Å². The molecule has 0 saturated carbocycles. The molecule has 0 spiro atoms. The van der Waals surface area contributed by atoms with Crippen LogP contribution in [-0.4, -0.2) is 60.5 Å². The van der Waals surface area contributed by atoms with Gasteiger partial charge in [0.2, 0.25) is 5.91 Å². The molecule has 2 aliphatic rings. The van der Waals surface area contributed by atoms with Crippen molar-refractivity contribution in [1.82, 2.24) is 15.1 Å². The van der Waals surface area contributed by atoms with Gasteiger partial charge in [-0.1, -0.05) is 29.8 Å². The molecule has 2 heterocycles. The topological polar surface area (TPSA) is 93.8 Å². The Kier molecular flexibility index (Phi) is 8.46. The third kappa shape index (κ3) is 6.99. The van der Waals surface area contributed by atoms with Crippen LogP contribution in [0.5, 0.6) is 0 Å². The summed E-state index contributed by atoms with van der Waals surface area (Å²) in [5.74, 6) is 0.159. The average molecular weight is 492 g/mol. The molecule has 0 bridgehead atoms. The van der Waals surface area contributed by atoms with Gasteiger partial charge < -0.3 is 25.8 Å². The van der Waals surface area contributed by atoms with E-state index in [0.29, 0.717) is 26.2 Å². The van der Waals surface area contributed by atoms with E-state index < -0.39 is 0 Å². The molecule has 2 aromatic rings. The van der Waals surface area contributed by atoms with Crippen LogP contribution in [0.15, 0.2) is 48.5 Å². The van der Waals surface area contributed by atoms with E-state index in [4.69, 9.17) is 0 Å². The zero-order valence-electron chi connectivity index (χ0n) is 21.3. The Morgan fingerprint density at radius 2 is 1.58 bits per heavy atom. The van der Waals surface area contributed by atoms with Crippen molar-refractivity contribution in [2.75, 3.05) is 43.4 Å². The van der Waals surface area contributed by atoms with Crippen LogP contribution >= 0.6 is 0 Å². The number of hydrogen-bond donors (Lipinski definition) is 3. The first kappa shape index (κ1) is 25.5. The smallest absolute Gasteiger partial charge is 0.321 e. The van der Waals surface area contributed by atoms with Crippen LogP contribution in [0.3, 0.4) is 0 Å². The van der Waals surface area contributed by atoms with E-state index in [9.17, 15) is 14.4 Å². The number of nitrogens with one attached hydrogen (secondary N) is 3. The number of aryl methyl sites for hydroxylation is 2. The van der Waals surface area contributed by atoms with Gasteiger partial charge in [0, 0.05) is 44.1 Å². The molecule has 5 amide bonds. The lowest BCUT2D eigenvalue weighted by atomic mass is 9.93. The number of carbonyl (C=O) groups excluding carboxylic acids is 3. The van der Waals surface area contributed by atoms with Gasteiger partial charge in [0.1, 0.15) is 0 Å². The number of benzene rings is 2. The van der Waals surface area contributed by atoms with E-state index in [1.165, 1.54) is 0 Å². The molecule has 8 heteroatoms. The maximum absolute atomic E-state index is 13.3. The van der Waals surface area contributed by atoms with Crippen molar-refractivity contribution < 1.29 is 14.4 Å². The molecule has 36 heavy (non-hydrogen) atoms. The highest BCUT2D eigenvalue weighted by Gasteiger charge is 2.33. The second kappa shape index (κ2) is 11.9. The van der Waals surface area contributed by atoms with Gasteiger partial charge in [-0.25, -0.2) is 9.59 Å². The molecule has 0 aromatic heterocycles. The van der Waals surface area contributed by atoms with E-state index in [0.717, 1.165) is 54.7 Å². The fourth-order valence-electron chi connectivity index (χ4n) is 5.03. The molecule has 2 atom stereocenters. The van der Waals surface area contributed by atoms with Gasteiger partial charge in [0.25, 0.3) is 0 Å². The maximum Gasteiger partial charge on any atom is 0.321 e. The molecule has 0 radical (unpaired) electrons. The van der Waals surface area contributed by atoms with Crippen molar-refractivity contribution in [3.63, 3.8) is 0 Å². The standard InChI is InChI=1S/C28H37N5O3/c1-20-10-12-24(13-11-20)30-27(35)29-17-22-7-4-14-32(18-22)26(34)23-8-5-15-33(19-23)28(36)31-25-9-3-6-21(2)16-25/h3,6,9-13,16,22-23H,4-5,7-8,14-15,17-19H2,1-2H3,(H,31,36)(H2,29,30,35). The minimum Gasteiger partial charge on any atom is -0.342 e. The number of piperidine rings is 2. The van der Waals surface area contributed by atoms with E-state index >= 15 is 0 Å². The molecule has 192 valence electrons. The molecule has 2 saturated heterocycles. The third-order valence-corrected chi connectivity index (χ3v) is 7.02. The number of carbonyl (C=O) groups is 3. The van der Waals surface area contributed by atoms with E-state index in [-0.39, 0.29) is 29.8 Å². The van der Waals surface area contributed by atoms with Crippen LogP contribution in [0.2, 0.25) is 0 Å². The van der Waals surface area contributed by atoms with Gasteiger partial charge in [-0.2, -0.15) is 0 Å². The molecule has 2 aliphatic heterocycles. The van der Waals surface area contributed by atoms with Gasteiger partial charge in [0.15, 0.2) is 0 Å². The lowest BCUT2D eigenvalue weighted by Gasteiger charge is -2.38. The molecule has 2 aromatic carbocycles. The summed E-state index contributed by atoms with van der Waals surface area (Å²) in [5.41, 5.74) is 3.75. The number of nitrogens with zero attached hydrogens (tertiary/aromatic N) is 2. The Bertz CT molecular complexity index is 1070.